The summed E-state index contributed by atoms with van der Waals surface area (Å²) in [6.07, 6.45) is 5.68. The van der Waals surface area contributed by atoms with E-state index in [-0.39, 0.29) is 0 Å². The predicted molar refractivity (Wildman–Crippen MR) is 78.0 cm³/mol. The first-order valence-electron chi connectivity index (χ1n) is 7.59. The second-order valence-corrected chi connectivity index (χ2v) is 6.16. The minimum atomic E-state index is 0.349. The first-order chi connectivity index (χ1) is 8.58. The number of rotatable bonds is 8. The quantitative estimate of drug-likeness (QED) is 0.722. The maximum absolute atomic E-state index is 5.64. The lowest BCUT2D eigenvalue weighted by molar-refractivity contribution is 0.0471. The fourth-order valence-corrected chi connectivity index (χ4v) is 3.07. The molecule has 0 amide bonds. The molecule has 0 aromatic rings. The van der Waals surface area contributed by atoms with Gasteiger partial charge in [-0.25, -0.2) is 0 Å². The molecule has 1 aliphatic heterocycles. The van der Waals surface area contributed by atoms with E-state index < -0.39 is 0 Å². The zero-order chi connectivity index (χ0) is 13.4. The summed E-state index contributed by atoms with van der Waals surface area (Å²) in [5, 5.41) is 3.49. The van der Waals surface area contributed by atoms with Gasteiger partial charge in [-0.2, -0.15) is 0 Å². The molecule has 0 spiro atoms. The van der Waals surface area contributed by atoms with E-state index >= 15 is 0 Å². The lowest BCUT2D eigenvalue weighted by atomic mass is 9.75. The van der Waals surface area contributed by atoms with Crippen LogP contribution in [0, 0.1) is 5.41 Å². The van der Waals surface area contributed by atoms with Crippen LogP contribution in [0.15, 0.2) is 0 Å². The van der Waals surface area contributed by atoms with Crippen LogP contribution in [0.25, 0.3) is 0 Å². The Morgan fingerprint density at radius 2 is 1.94 bits per heavy atom. The molecule has 108 valence electrons. The Labute approximate surface area is 113 Å². The molecular weight excluding hydrogens is 224 g/mol. The van der Waals surface area contributed by atoms with Crippen LogP contribution in [0.1, 0.15) is 46.5 Å². The first kappa shape index (κ1) is 15.9. The van der Waals surface area contributed by atoms with Crippen molar-refractivity contribution in [3.8, 4) is 0 Å². The summed E-state index contributed by atoms with van der Waals surface area (Å²) in [6.45, 7) is 12.0. The number of ether oxygens (including phenoxy) is 1. The lowest BCUT2D eigenvalue weighted by Crippen LogP contribution is -2.44. The van der Waals surface area contributed by atoms with E-state index in [1.54, 1.807) is 0 Å². The lowest BCUT2D eigenvalue weighted by Gasteiger charge is -2.40. The summed E-state index contributed by atoms with van der Waals surface area (Å²) in [5.74, 6) is 0. The van der Waals surface area contributed by atoms with Crippen LogP contribution in [0.3, 0.4) is 0 Å². The third-order valence-electron chi connectivity index (χ3n) is 3.97. The largest absolute Gasteiger partial charge is 0.377 e. The molecule has 1 rings (SSSR count). The van der Waals surface area contributed by atoms with Crippen molar-refractivity contribution in [2.75, 3.05) is 39.8 Å². The molecule has 0 aromatic heterocycles. The van der Waals surface area contributed by atoms with Crippen LogP contribution in [0.2, 0.25) is 0 Å². The molecule has 0 aliphatic carbocycles. The Kier molecular flexibility index (Phi) is 7.20. The molecule has 1 saturated heterocycles. The predicted octanol–water partition coefficient (Wildman–Crippen LogP) is 2.51. The van der Waals surface area contributed by atoms with Crippen LogP contribution in [0.5, 0.6) is 0 Å². The molecular formula is C15H32N2O. The number of hydrogen-bond donors (Lipinski definition) is 1. The number of nitrogens with zero attached hydrogens (tertiary/aromatic N) is 1. The molecule has 18 heavy (non-hydrogen) atoms. The van der Waals surface area contributed by atoms with Crippen molar-refractivity contribution < 1.29 is 4.74 Å². The molecule has 0 atom stereocenters. The van der Waals surface area contributed by atoms with Gasteiger partial charge in [0.15, 0.2) is 0 Å². The van der Waals surface area contributed by atoms with Gasteiger partial charge < -0.3 is 15.0 Å². The topological polar surface area (TPSA) is 24.5 Å². The van der Waals surface area contributed by atoms with Crippen molar-refractivity contribution in [2.24, 2.45) is 5.41 Å². The highest BCUT2D eigenvalue weighted by Gasteiger charge is 2.31. The first-order valence-corrected chi connectivity index (χ1v) is 7.59. The van der Waals surface area contributed by atoms with E-state index in [1.165, 1.54) is 45.3 Å². The number of nitrogens with one attached hydrogen (secondary N) is 1. The molecule has 0 saturated carbocycles. The van der Waals surface area contributed by atoms with Crippen LogP contribution >= 0.6 is 0 Å². The van der Waals surface area contributed by atoms with Crippen molar-refractivity contribution in [1.82, 2.24) is 10.2 Å². The van der Waals surface area contributed by atoms with E-state index in [2.05, 4.69) is 38.0 Å². The van der Waals surface area contributed by atoms with Crippen LogP contribution in [0.4, 0.5) is 0 Å². The highest BCUT2D eigenvalue weighted by Crippen LogP contribution is 2.34. The Hall–Kier alpha value is -0.120. The van der Waals surface area contributed by atoms with Gasteiger partial charge in [0.05, 0.1) is 12.7 Å². The Morgan fingerprint density at radius 1 is 1.28 bits per heavy atom. The van der Waals surface area contributed by atoms with Gasteiger partial charge in [-0.1, -0.05) is 13.3 Å². The normalized spacial score (nSPS) is 19.7. The molecule has 1 heterocycles. The number of piperidine rings is 1. The van der Waals surface area contributed by atoms with Crippen molar-refractivity contribution in [2.45, 2.75) is 52.6 Å². The molecule has 0 unspecified atom stereocenters. The van der Waals surface area contributed by atoms with Crippen molar-refractivity contribution >= 4 is 0 Å². The minimum absolute atomic E-state index is 0.349. The van der Waals surface area contributed by atoms with E-state index in [4.69, 9.17) is 4.74 Å². The van der Waals surface area contributed by atoms with Gasteiger partial charge in [-0.15, -0.1) is 0 Å². The third-order valence-corrected chi connectivity index (χ3v) is 3.97. The second-order valence-electron chi connectivity index (χ2n) is 6.16. The van der Waals surface area contributed by atoms with Gasteiger partial charge in [-0.05, 0) is 58.7 Å². The summed E-state index contributed by atoms with van der Waals surface area (Å²) in [5.41, 5.74) is 0.548. The zero-order valence-corrected chi connectivity index (χ0v) is 12.8. The van der Waals surface area contributed by atoms with Gasteiger partial charge in [0.1, 0.15) is 0 Å². The molecule has 1 aliphatic rings. The molecule has 3 nitrogen and oxygen atoms in total. The van der Waals surface area contributed by atoms with E-state index in [1.807, 2.05) is 0 Å². The van der Waals surface area contributed by atoms with Crippen molar-refractivity contribution in [3.63, 3.8) is 0 Å². The Bertz CT molecular complexity index is 207. The maximum atomic E-state index is 5.64. The smallest absolute Gasteiger partial charge is 0.0596 e. The highest BCUT2D eigenvalue weighted by molar-refractivity contribution is 4.86. The van der Waals surface area contributed by atoms with E-state index in [0.717, 1.165) is 13.2 Å². The van der Waals surface area contributed by atoms with Gasteiger partial charge >= 0.3 is 0 Å². The van der Waals surface area contributed by atoms with E-state index in [0.29, 0.717) is 11.5 Å². The number of hydrogen-bond acceptors (Lipinski definition) is 3. The van der Waals surface area contributed by atoms with Crippen LogP contribution in [-0.4, -0.2) is 50.8 Å². The average Bonchev–Trinajstić information content (AvgIpc) is 2.29. The van der Waals surface area contributed by atoms with Gasteiger partial charge in [0.2, 0.25) is 0 Å². The highest BCUT2D eigenvalue weighted by atomic mass is 16.5. The fraction of sp³-hybridized carbons (Fsp3) is 1.00. The van der Waals surface area contributed by atoms with Crippen molar-refractivity contribution in [3.05, 3.63) is 0 Å². The Balaban J connectivity index is 2.35. The van der Waals surface area contributed by atoms with Gasteiger partial charge in [0, 0.05) is 13.1 Å². The standard InChI is InChI=1S/C15H32N2O/c1-5-6-15(7-9-16-10-8-15)13-17(4)11-12-18-14(2)3/h14,16H,5-13H2,1-4H3. The average molecular weight is 256 g/mol. The third kappa shape index (κ3) is 5.68. The molecule has 0 radical (unpaired) electrons. The van der Waals surface area contributed by atoms with Gasteiger partial charge in [-0.3, -0.25) is 0 Å². The summed E-state index contributed by atoms with van der Waals surface area (Å²) in [7, 11) is 2.24. The van der Waals surface area contributed by atoms with Crippen LogP contribution in [-0.2, 0) is 4.74 Å². The van der Waals surface area contributed by atoms with Gasteiger partial charge in [0.25, 0.3) is 0 Å². The monoisotopic (exact) mass is 256 g/mol. The Morgan fingerprint density at radius 3 is 2.50 bits per heavy atom. The molecule has 1 N–H and O–H groups in total. The maximum Gasteiger partial charge on any atom is 0.0596 e. The molecule has 0 aromatic carbocycles. The fourth-order valence-electron chi connectivity index (χ4n) is 3.07. The second kappa shape index (κ2) is 8.13. The van der Waals surface area contributed by atoms with Crippen molar-refractivity contribution in [1.29, 1.82) is 0 Å². The van der Waals surface area contributed by atoms with E-state index in [9.17, 15) is 0 Å². The zero-order valence-electron chi connectivity index (χ0n) is 12.8. The molecule has 3 heteroatoms. The minimum Gasteiger partial charge on any atom is -0.377 e. The summed E-state index contributed by atoms with van der Waals surface area (Å²) >= 11 is 0. The SMILES string of the molecule is CCCC1(CN(C)CCOC(C)C)CCNCC1. The summed E-state index contributed by atoms with van der Waals surface area (Å²) in [6, 6.07) is 0. The summed E-state index contributed by atoms with van der Waals surface area (Å²) < 4.78 is 5.64. The number of likely N-dealkylation sites (N-methyl/N-ethyl adjacent to an activating group) is 1. The van der Waals surface area contributed by atoms with Crippen LogP contribution < -0.4 is 5.32 Å². The molecule has 1 fully saturated rings. The molecule has 0 bridgehead atoms. The summed E-state index contributed by atoms with van der Waals surface area (Å²) in [4.78, 5) is 2.46.